The van der Waals surface area contributed by atoms with E-state index in [1.54, 1.807) is 37.3 Å². The number of hydrogen-bond acceptors (Lipinski definition) is 10. The van der Waals surface area contributed by atoms with Gasteiger partial charge in [-0.3, -0.25) is 19.1 Å². The number of pyridine rings is 1. The van der Waals surface area contributed by atoms with Gasteiger partial charge in [0.05, 0.1) is 31.7 Å². The summed E-state index contributed by atoms with van der Waals surface area (Å²) < 4.78 is 60.0. The lowest BCUT2D eigenvalue weighted by molar-refractivity contribution is -0.142. The molecule has 17 heteroatoms. The van der Waals surface area contributed by atoms with Crippen molar-refractivity contribution in [2.75, 3.05) is 20.8 Å². The molecule has 1 saturated heterocycles. The molecule has 7 atom stereocenters. The largest absolute Gasteiger partial charge is 0.497 e. The van der Waals surface area contributed by atoms with Gasteiger partial charge in [0, 0.05) is 23.3 Å². The molecule has 310 valence electrons. The van der Waals surface area contributed by atoms with Crippen molar-refractivity contribution in [1.82, 2.24) is 25.2 Å². The second kappa shape index (κ2) is 16.1. The van der Waals surface area contributed by atoms with Crippen molar-refractivity contribution < 1.29 is 51.3 Å². The molecule has 0 radical (unpaired) electrons. The van der Waals surface area contributed by atoms with Crippen LogP contribution in [0.3, 0.4) is 0 Å². The summed E-state index contributed by atoms with van der Waals surface area (Å²) in [5.41, 5.74) is -0.804. The van der Waals surface area contributed by atoms with Crippen molar-refractivity contribution in [2.45, 2.75) is 87.8 Å². The summed E-state index contributed by atoms with van der Waals surface area (Å²) in [6.07, 6.45) is 4.24. The zero-order valence-corrected chi connectivity index (χ0v) is 33.5. The minimum atomic E-state index is -3.95. The lowest BCUT2D eigenvalue weighted by Crippen LogP contribution is -2.59. The molecule has 3 heterocycles. The fourth-order valence-electron chi connectivity index (χ4n) is 8.18. The summed E-state index contributed by atoms with van der Waals surface area (Å²) in [6, 6.07) is 8.93. The highest BCUT2D eigenvalue weighted by atomic mass is 32.2. The number of allylic oxidation sites excluding steroid dienone is 1. The maximum Gasteiger partial charge on any atom is 0.405 e. The van der Waals surface area contributed by atoms with Crippen LogP contribution >= 0.6 is 0 Å². The number of sulfonamides is 1. The van der Waals surface area contributed by atoms with Crippen molar-refractivity contribution >= 4 is 44.6 Å². The van der Waals surface area contributed by atoms with E-state index in [1.165, 1.54) is 31.3 Å². The van der Waals surface area contributed by atoms with E-state index in [0.29, 0.717) is 59.9 Å². The van der Waals surface area contributed by atoms with Crippen LogP contribution in [-0.2, 0) is 24.4 Å². The topological polar surface area (TPSA) is 203 Å². The predicted molar refractivity (Wildman–Crippen MR) is 210 cm³/mol. The van der Waals surface area contributed by atoms with Gasteiger partial charge in [-0.1, -0.05) is 26.0 Å². The van der Waals surface area contributed by atoms with Crippen molar-refractivity contribution in [2.24, 2.45) is 17.8 Å². The first-order chi connectivity index (χ1) is 27.6. The second-order valence-electron chi connectivity index (χ2n) is 15.9. The number of hydrogen-bond donors (Lipinski definition) is 4. The summed E-state index contributed by atoms with van der Waals surface area (Å²) in [4.78, 5) is 61.0. The molecular weight excluding hydrogens is 774 g/mol. The van der Waals surface area contributed by atoms with Gasteiger partial charge in [-0.15, -0.1) is 0 Å². The van der Waals surface area contributed by atoms with Crippen LogP contribution in [0.2, 0.25) is 0 Å². The Labute approximate surface area is 335 Å². The molecule has 2 saturated carbocycles. The van der Waals surface area contributed by atoms with Gasteiger partial charge >= 0.3 is 6.09 Å². The fraction of sp³-hybridized carbons (Fsp3) is 0.488. The van der Waals surface area contributed by atoms with Crippen molar-refractivity contribution in [1.29, 1.82) is 0 Å². The Morgan fingerprint density at radius 3 is 2.50 bits per heavy atom. The third kappa shape index (κ3) is 8.40. The Hall–Kier alpha value is -5.45. The number of nitrogens with one attached hydrogen (secondary N) is 3. The smallest absolute Gasteiger partial charge is 0.405 e. The van der Waals surface area contributed by atoms with E-state index in [0.717, 1.165) is 0 Å². The lowest BCUT2D eigenvalue weighted by Gasteiger charge is -2.32. The van der Waals surface area contributed by atoms with E-state index in [2.05, 4.69) is 15.4 Å². The van der Waals surface area contributed by atoms with Crippen LogP contribution < -0.4 is 29.6 Å². The first-order valence-electron chi connectivity index (χ1n) is 19.5. The molecular formula is C41H48FN5O10S. The van der Waals surface area contributed by atoms with E-state index in [-0.39, 0.29) is 36.9 Å². The summed E-state index contributed by atoms with van der Waals surface area (Å²) in [7, 11) is -1.07. The van der Waals surface area contributed by atoms with Gasteiger partial charge in [0.1, 0.15) is 29.5 Å². The molecule has 0 spiro atoms. The van der Waals surface area contributed by atoms with Crippen LogP contribution in [0.15, 0.2) is 54.6 Å². The maximum absolute atomic E-state index is 14.9. The third-order valence-electron chi connectivity index (χ3n) is 11.6. The van der Waals surface area contributed by atoms with Crippen LogP contribution in [-0.4, -0.2) is 97.0 Å². The van der Waals surface area contributed by atoms with Crippen LogP contribution in [0.4, 0.5) is 9.18 Å². The minimum Gasteiger partial charge on any atom is -0.497 e. The normalized spacial score (nSPS) is 27.6. The number of rotatable bonds is 9. The Morgan fingerprint density at radius 1 is 1.03 bits per heavy atom. The summed E-state index contributed by atoms with van der Waals surface area (Å²) in [5, 5.41) is 15.6. The number of benzene rings is 2. The van der Waals surface area contributed by atoms with Gasteiger partial charge in [-0.2, -0.15) is 0 Å². The van der Waals surface area contributed by atoms with Crippen molar-refractivity contribution in [3.05, 3.63) is 60.4 Å². The number of nitrogens with zero attached hydrogens (tertiary/aromatic N) is 2. The van der Waals surface area contributed by atoms with Crippen LogP contribution in [0, 0.1) is 23.6 Å². The van der Waals surface area contributed by atoms with Crippen molar-refractivity contribution in [3.63, 3.8) is 0 Å². The number of carbonyl (C=O) groups is 4. The molecule has 0 bridgehead atoms. The summed E-state index contributed by atoms with van der Waals surface area (Å²) >= 11 is 0. The summed E-state index contributed by atoms with van der Waals surface area (Å²) in [6.45, 7) is 3.64. The highest BCUT2D eigenvalue weighted by Gasteiger charge is 2.62. The summed E-state index contributed by atoms with van der Waals surface area (Å²) in [5.74, 6) is -2.96. The fourth-order valence-corrected chi connectivity index (χ4v) is 9.55. The standard InChI is InChI=1S/C41H48FN5O10S/c1-22-7-5-6-8-26-20-41(26,39(50)46-58(53,54)29-11-12-29)45-36(48)33-19-28(21-47(33)38(49)35(23(2)15-22)44-40(51)52)57-37-30-13-10-27(55-3)16-25(30)18-32(43-37)24-9-14-34(56-4)31(42)17-24/h6,8-10,13-14,16-18,22-23,26,28-29,33,35,44H,5,7,11-12,15,19-21H2,1-4H3,(H,45,48)(H,46,50)(H,51,52)/t22-,23+,26+,28+,33-,35-,41+/m0/s1. The molecule has 2 aromatic carbocycles. The quantitative estimate of drug-likeness (QED) is 0.221. The molecule has 15 nitrogen and oxygen atoms in total. The number of aromatic nitrogens is 1. The number of ether oxygens (including phenoxy) is 3. The lowest BCUT2D eigenvalue weighted by atomic mass is 9.88. The van der Waals surface area contributed by atoms with Crippen LogP contribution in [0.25, 0.3) is 22.0 Å². The molecule has 7 rings (SSSR count). The third-order valence-corrected chi connectivity index (χ3v) is 13.4. The SMILES string of the molecule is COc1ccc2c(O[C@@H]3C[C@H]4C(=O)N[C@]5(C(=O)NS(=O)(=O)C6CC6)C[C@H]5C=CCC[C@H](C)C[C@@H](C)[C@H](NC(=O)O)C(=O)N4C3)nc(-c3ccc(OC)c(F)c3)cc2c1. The first-order valence-corrected chi connectivity index (χ1v) is 21.0. The first kappa shape index (κ1) is 40.7. The van der Waals surface area contributed by atoms with Gasteiger partial charge in [0.2, 0.25) is 27.7 Å². The molecule has 2 aliphatic heterocycles. The number of fused-ring (bicyclic) bond motifs is 3. The van der Waals surface area contributed by atoms with Crippen molar-refractivity contribution in [3.8, 4) is 28.6 Å². The zero-order chi connectivity index (χ0) is 41.5. The number of carbonyl (C=O) groups excluding carboxylic acids is 3. The highest BCUT2D eigenvalue weighted by molar-refractivity contribution is 7.91. The predicted octanol–water partition coefficient (Wildman–Crippen LogP) is 4.54. The molecule has 4 amide bonds. The second-order valence-corrected chi connectivity index (χ2v) is 17.9. The zero-order valence-electron chi connectivity index (χ0n) is 32.7. The molecule has 3 aromatic rings. The molecule has 0 unspecified atom stereocenters. The molecule has 1 aromatic heterocycles. The number of methoxy groups -OCH3 is 2. The van der Waals surface area contributed by atoms with Gasteiger partial charge in [-0.25, -0.2) is 22.6 Å². The van der Waals surface area contributed by atoms with Crippen LogP contribution in [0.5, 0.6) is 17.4 Å². The van der Waals surface area contributed by atoms with Gasteiger partial charge in [0.25, 0.3) is 5.91 Å². The Morgan fingerprint density at radius 2 is 1.81 bits per heavy atom. The van der Waals surface area contributed by atoms with Gasteiger partial charge < -0.3 is 34.9 Å². The van der Waals surface area contributed by atoms with Crippen LogP contribution in [0.1, 0.15) is 58.8 Å². The van der Waals surface area contributed by atoms with E-state index < -0.39 is 80.5 Å². The monoisotopic (exact) mass is 821 g/mol. The Balaban J connectivity index is 1.25. The van der Waals surface area contributed by atoms with Gasteiger partial charge in [0.15, 0.2) is 11.6 Å². The molecule has 4 aliphatic rings. The Bertz CT molecular complexity index is 2270. The number of amides is 4. The van der Waals surface area contributed by atoms with Gasteiger partial charge in [-0.05, 0) is 98.2 Å². The van der Waals surface area contributed by atoms with E-state index in [1.807, 2.05) is 19.1 Å². The molecule has 3 fully saturated rings. The average Bonchev–Trinajstić information content (AvgIpc) is 4.11. The minimum absolute atomic E-state index is 0.0525. The highest BCUT2D eigenvalue weighted by Crippen LogP contribution is 2.46. The maximum atomic E-state index is 14.9. The van der Waals surface area contributed by atoms with E-state index in [9.17, 15) is 37.1 Å². The molecule has 2 aliphatic carbocycles. The molecule has 4 N–H and O–H groups in total. The van der Waals surface area contributed by atoms with E-state index >= 15 is 0 Å². The Kier molecular flexibility index (Phi) is 11.3. The molecule has 58 heavy (non-hydrogen) atoms. The number of carboxylic acid groups (broad SMARTS) is 1. The average molecular weight is 822 g/mol. The van der Waals surface area contributed by atoms with E-state index in [4.69, 9.17) is 19.2 Å². The number of halogens is 1.